The van der Waals surface area contributed by atoms with Crippen molar-refractivity contribution in [3.8, 4) is 0 Å². The Morgan fingerprint density at radius 3 is 2.12 bits per heavy atom. The predicted molar refractivity (Wildman–Crippen MR) is 124 cm³/mol. The normalized spacial score (nSPS) is 15.6. The molecule has 0 radical (unpaired) electrons. The Bertz CT molecular complexity index is 870. The number of carbonyl (C=O) groups excluding carboxylic acids is 2. The van der Waals surface area contributed by atoms with Gasteiger partial charge in [0.1, 0.15) is 12.1 Å². The second kappa shape index (κ2) is 11.2. The van der Waals surface area contributed by atoms with Crippen LogP contribution in [0, 0.1) is 0 Å². The van der Waals surface area contributed by atoms with Gasteiger partial charge in [0.25, 0.3) is 0 Å². The van der Waals surface area contributed by atoms with E-state index >= 15 is 0 Å². The van der Waals surface area contributed by atoms with Gasteiger partial charge in [-0.15, -0.1) is 0 Å². The van der Waals surface area contributed by atoms with Gasteiger partial charge in [0, 0.05) is 26.2 Å². The first kappa shape index (κ1) is 26.3. The number of piperidine rings is 1. The van der Waals surface area contributed by atoms with Crippen LogP contribution in [0.25, 0.3) is 0 Å². The number of benzene rings is 1. The van der Waals surface area contributed by atoms with E-state index in [1.165, 1.54) is 9.21 Å². The number of amides is 1. The topological polar surface area (TPSA) is 87.2 Å². The number of sulfonamides is 1. The average Bonchev–Trinajstić information content (AvgIpc) is 2.70. The van der Waals surface area contributed by atoms with Crippen LogP contribution in [0.1, 0.15) is 45.6 Å². The maximum Gasteiger partial charge on any atom is 0.326 e. The minimum Gasteiger partial charge on any atom is -0.459 e. The molecule has 180 valence electrons. The summed E-state index contributed by atoms with van der Waals surface area (Å²) in [5.74, 6) is -0.656. The van der Waals surface area contributed by atoms with Crippen LogP contribution in [0.3, 0.4) is 0 Å². The van der Waals surface area contributed by atoms with E-state index in [9.17, 15) is 18.0 Å². The van der Waals surface area contributed by atoms with E-state index in [1.54, 1.807) is 45.0 Å². The van der Waals surface area contributed by atoms with E-state index in [2.05, 4.69) is 0 Å². The lowest BCUT2D eigenvalue weighted by atomic mass is 10.1. The summed E-state index contributed by atoms with van der Waals surface area (Å²) < 4.78 is 32.5. The molecule has 2 rings (SSSR count). The largest absolute Gasteiger partial charge is 0.459 e. The maximum absolute atomic E-state index is 12.9. The van der Waals surface area contributed by atoms with Crippen LogP contribution in [0.2, 0.25) is 0 Å². The number of nitrogens with zero attached hydrogens (tertiary/aromatic N) is 3. The van der Waals surface area contributed by atoms with Crippen LogP contribution in [-0.4, -0.2) is 86.8 Å². The number of carbonyl (C=O) groups is 2. The van der Waals surface area contributed by atoms with Gasteiger partial charge in [-0.2, -0.15) is 4.31 Å². The molecule has 0 N–H and O–H groups in total. The molecule has 1 fully saturated rings. The monoisotopic (exact) mass is 467 g/mol. The molecule has 8 nitrogen and oxygen atoms in total. The molecule has 1 heterocycles. The molecule has 32 heavy (non-hydrogen) atoms. The third-order valence-electron chi connectivity index (χ3n) is 5.14. The van der Waals surface area contributed by atoms with Crippen LogP contribution in [0.5, 0.6) is 0 Å². The van der Waals surface area contributed by atoms with Crippen LogP contribution in [0.15, 0.2) is 29.2 Å². The number of esters is 1. The van der Waals surface area contributed by atoms with Crippen molar-refractivity contribution < 1.29 is 22.7 Å². The van der Waals surface area contributed by atoms with Crippen LogP contribution in [-0.2, 0) is 30.8 Å². The highest BCUT2D eigenvalue weighted by atomic mass is 32.2. The number of hydrogen-bond acceptors (Lipinski definition) is 6. The average molecular weight is 468 g/mol. The highest BCUT2D eigenvalue weighted by molar-refractivity contribution is 7.89. The van der Waals surface area contributed by atoms with Crippen LogP contribution >= 0.6 is 0 Å². The van der Waals surface area contributed by atoms with E-state index in [-0.39, 0.29) is 23.8 Å². The van der Waals surface area contributed by atoms with Crippen molar-refractivity contribution in [1.82, 2.24) is 14.1 Å². The van der Waals surface area contributed by atoms with E-state index < -0.39 is 21.6 Å². The van der Waals surface area contributed by atoms with Gasteiger partial charge in [-0.05, 0) is 65.4 Å². The Hall–Kier alpha value is -1.97. The summed E-state index contributed by atoms with van der Waals surface area (Å²) in [6.45, 7) is 7.35. The van der Waals surface area contributed by atoms with Gasteiger partial charge in [-0.3, -0.25) is 9.59 Å². The van der Waals surface area contributed by atoms with E-state index in [1.807, 2.05) is 19.0 Å². The number of likely N-dealkylation sites (N-methyl/N-ethyl adjacent to an activating group) is 1. The lowest BCUT2D eigenvalue weighted by Gasteiger charge is -2.26. The third kappa shape index (κ3) is 8.18. The van der Waals surface area contributed by atoms with Gasteiger partial charge in [0.15, 0.2) is 0 Å². The molecule has 0 atom stereocenters. The van der Waals surface area contributed by atoms with Gasteiger partial charge < -0.3 is 14.5 Å². The minimum absolute atomic E-state index is 0.0836. The zero-order chi connectivity index (χ0) is 23.9. The molecule has 9 heteroatoms. The molecule has 1 aromatic rings. The Morgan fingerprint density at radius 2 is 1.59 bits per heavy atom. The van der Waals surface area contributed by atoms with Crippen molar-refractivity contribution in [2.24, 2.45) is 0 Å². The highest BCUT2D eigenvalue weighted by Gasteiger charge is 2.26. The Morgan fingerprint density at radius 1 is 1.00 bits per heavy atom. The molecule has 0 bridgehead atoms. The summed E-state index contributed by atoms with van der Waals surface area (Å²) in [6.07, 6.45) is 2.90. The molecule has 0 aromatic heterocycles. The Labute approximate surface area is 192 Å². The van der Waals surface area contributed by atoms with E-state index in [4.69, 9.17) is 4.74 Å². The number of ether oxygens (including phenoxy) is 1. The quantitative estimate of drug-likeness (QED) is 0.517. The summed E-state index contributed by atoms with van der Waals surface area (Å²) >= 11 is 0. The highest BCUT2D eigenvalue weighted by Crippen LogP contribution is 2.21. The van der Waals surface area contributed by atoms with Gasteiger partial charge in [0.05, 0.1) is 11.3 Å². The second-order valence-electron chi connectivity index (χ2n) is 9.49. The van der Waals surface area contributed by atoms with Crippen LogP contribution in [0.4, 0.5) is 0 Å². The van der Waals surface area contributed by atoms with Crippen LogP contribution < -0.4 is 0 Å². The van der Waals surface area contributed by atoms with Crippen molar-refractivity contribution in [1.29, 1.82) is 0 Å². The lowest BCUT2D eigenvalue weighted by molar-refractivity contribution is -0.158. The van der Waals surface area contributed by atoms with Crippen molar-refractivity contribution in [3.05, 3.63) is 29.8 Å². The summed E-state index contributed by atoms with van der Waals surface area (Å²) in [6, 6.07) is 6.47. The zero-order valence-electron chi connectivity index (χ0n) is 20.0. The van der Waals surface area contributed by atoms with Crippen molar-refractivity contribution in [2.75, 3.05) is 46.8 Å². The molecule has 1 amide bonds. The van der Waals surface area contributed by atoms with Gasteiger partial charge in [0.2, 0.25) is 15.9 Å². The van der Waals surface area contributed by atoms with Crippen molar-refractivity contribution in [3.63, 3.8) is 0 Å². The molecule has 0 spiro atoms. The predicted octanol–water partition coefficient (Wildman–Crippen LogP) is 2.14. The summed E-state index contributed by atoms with van der Waals surface area (Å²) in [5, 5.41) is 0. The number of hydrogen-bond donors (Lipinski definition) is 0. The smallest absolute Gasteiger partial charge is 0.326 e. The van der Waals surface area contributed by atoms with Crippen molar-refractivity contribution in [2.45, 2.75) is 57.0 Å². The summed E-state index contributed by atoms with van der Waals surface area (Å²) in [4.78, 5) is 28.9. The first-order chi connectivity index (χ1) is 14.9. The molecular formula is C23H37N3O5S. The fourth-order valence-electron chi connectivity index (χ4n) is 3.46. The maximum atomic E-state index is 12.9. The Kier molecular flexibility index (Phi) is 9.24. The lowest BCUT2D eigenvalue weighted by Crippen LogP contribution is -2.42. The SMILES string of the molecule is CN(C)CCN(CC(=O)OC(C)(C)C)C(=O)Cc1ccc(S(=O)(=O)N2CCCCC2)cc1. The minimum atomic E-state index is -3.50. The third-order valence-corrected chi connectivity index (χ3v) is 7.05. The van der Waals surface area contributed by atoms with Gasteiger partial charge in [-0.1, -0.05) is 18.6 Å². The number of rotatable bonds is 9. The molecule has 1 aliphatic rings. The van der Waals surface area contributed by atoms with E-state index in [0.29, 0.717) is 31.7 Å². The molecule has 1 aliphatic heterocycles. The molecule has 1 aromatic carbocycles. The zero-order valence-corrected chi connectivity index (χ0v) is 20.8. The molecule has 0 saturated carbocycles. The Balaban J connectivity index is 2.06. The first-order valence-corrected chi connectivity index (χ1v) is 12.6. The molecular weight excluding hydrogens is 430 g/mol. The van der Waals surface area contributed by atoms with Gasteiger partial charge >= 0.3 is 5.97 Å². The molecule has 1 saturated heterocycles. The summed E-state index contributed by atoms with van der Waals surface area (Å²) in [7, 11) is 0.297. The molecule has 0 unspecified atom stereocenters. The second-order valence-corrected chi connectivity index (χ2v) is 11.4. The van der Waals surface area contributed by atoms with E-state index in [0.717, 1.165) is 19.3 Å². The first-order valence-electron chi connectivity index (χ1n) is 11.1. The van der Waals surface area contributed by atoms with Crippen molar-refractivity contribution >= 4 is 21.9 Å². The standard InChI is InChI=1S/C23H37N3O5S/c1-23(2,3)31-22(28)18-25(16-15-24(4)5)21(27)17-19-9-11-20(12-10-19)32(29,30)26-13-7-6-8-14-26/h9-12H,6-8,13-18H2,1-5H3. The fourth-order valence-corrected chi connectivity index (χ4v) is 4.98. The summed E-state index contributed by atoms with van der Waals surface area (Å²) in [5.41, 5.74) is 0.0786. The fraction of sp³-hybridized carbons (Fsp3) is 0.652. The molecule has 0 aliphatic carbocycles. The van der Waals surface area contributed by atoms with Gasteiger partial charge in [-0.25, -0.2) is 8.42 Å².